The van der Waals surface area contributed by atoms with Gasteiger partial charge >= 0.3 is 0 Å². The molecule has 0 heterocycles. The minimum atomic E-state index is -0.149. The minimum absolute atomic E-state index is 0.149. The smallest absolute Gasteiger partial charge is 0.0540 e. The number of fused-ring (bicyclic) bond motifs is 6. The highest BCUT2D eigenvalue weighted by Crippen LogP contribution is 2.55. The summed E-state index contributed by atoms with van der Waals surface area (Å²) in [5, 5.41) is 2.68. The van der Waals surface area contributed by atoms with Gasteiger partial charge < -0.3 is 4.90 Å². The average molecular weight is 746 g/mol. The standard InChI is InChI=1S/C56H59N/c1-56(2)53-36-47(31-32-49(53)50-17-10-16-48(55(50)56)42-23-21-40(22-24-42)38-11-5-3-6-12-38)57(46-29-27-43(28-30-46)51-34-37-19-20-45(51)33-37)54-18-9-15-41-25-26-44(35-52(41)54)39-13-7-4-8-14-39/h9-10,15-18,21-32,35-39,45,51H,3-8,11-14,19-20,33-34H2,1-2H3. The zero-order chi connectivity index (χ0) is 38.1. The van der Waals surface area contributed by atoms with Crippen LogP contribution < -0.4 is 4.90 Å². The average Bonchev–Trinajstić information content (AvgIpc) is 3.97. The molecule has 288 valence electrons. The van der Waals surface area contributed by atoms with Crippen LogP contribution in [0.25, 0.3) is 33.0 Å². The van der Waals surface area contributed by atoms with Crippen LogP contribution in [0, 0.1) is 11.8 Å². The molecule has 1 nitrogen and oxygen atoms in total. The van der Waals surface area contributed by atoms with Gasteiger partial charge in [-0.1, -0.05) is 144 Å². The van der Waals surface area contributed by atoms with Crippen LogP contribution in [-0.4, -0.2) is 0 Å². The Hall–Kier alpha value is -4.62. The molecular weight excluding hydrogens is 687 g/mol. The van der Waals surface area contributed by atoms with Crippen LogP contribution in [0.4, 0.5) is 17.1 Å². The second-order valence-corrected chi connectivity index (χ2v) is 19.3. The van der Waals surface area contributed by atoms with Gasteiger partial charge in [0.25, 0.3) is 0 Å². The quantitative estimate of drug-likeness (QED) is 0.157. The van der Waals surface area contributed by atoms with E-state index < -0.39 is 0 Å². The molecule has 0 amide bonds. The highest BCUT2D eigenvalue weighted by molar-refractivity contribution is 6.00. The fraction of sp³-hybridized carbons (Fsp3) is 0.393. The van der Waals surface area contributed by atoms with Gasteiger partial charge in [-0.3, -0.25) is 0 Å². The number of rotatable bonds is 7. The van der Waals surface area contributed by atoms with E-state index in [0.29, 0.717) is 5.92 Å². The Morgan fingerprint density at radius 2 is 1.18 bits per heavy atom. The zero-order valence-electron chi connectivity index (χ0n) is 34.3. The van der Waals surface area contributed by atoms with Crippen molar-refractivity contribution in [2.45, 2.75) is 127 Å². The van der Waals surface area contributed by atoms with Gasteiger partial charge in [0, 0.05) is 22.2 Å². The molecule has 4 saturated carbocycles. The molecule has 6 aromatic carbocycles. The molecule has 1 heteroatoms. The van der Waals surface area contributed by atoms with E-state index in [0.717, 1.165) is 23.7 Å². The first kappa shape index (κ1) is 35.5. The topological polar surface area (TPSA) is 3.24 Å². The molecule has 2 bridgehead atoms. The van der Waals surface area contributed by atoms with Crippen molar-refractivity contribution in [3.05, 3.63) is 149 Å². The van der Waals surface area contributed by atoms with Gasteiger partial charge in [-0.2, -0.15) is 0 Å². The largest absolute Gasteiger partial charge is 0.310 e. The van der Waals surface area contributed by atoms with Crippen molar-refractivity contribution in [2.24, 2.45) is 11.8 Å². The van der Waals surface area contributed by atoms with Gasteiger partial charge in [0.15, 0.2) is 0 Å². The summed E-state index contributed by atoms with van der Waals surface area (Å²) in [6.07, 6.45) is 19.2. The van der Waals surface area contributed by atoms with E-state index in [2.05, 4.69) is 140 Å². The predicted octanol–water partition coefficient (Wildman–Crippen LogP) is 16.3. The highest BCUT2D eigenvalue weighted by Gasteiger charge is 2.41. The third kappa shape index (κ3) is 6.18. The maximum atomic E-state index is 2.59. The summed E-state index contributed by atoms with van der Waals surface area (Å²) in [7, 11) is 0. The Labute approximate surface area is 341 Å². The molecule has 0 radical (unpaired) electrons. The molecule has 6 aromatic rings. The number of hydrogen-bond donors (Lipinski definition) is 0. The molecule has 4 fully saturated rings. The van der Waals surface area contributed by atoms with Crippen LogP contribution in [0.5, 0.6) is 0 Å². The second kappa shape index (κ2) is 14.3. The summed E-state index contributed by atoms with van der Waals surface area (Å²) in [6, 6.07) is 48.2. The van der Waals surface area contributed by atoms with Crippen molar-refractivity contribution >= 4 is 27.8 Å². The fourth-order valence-corrected chi connectivity index (χ4v) is 12.7. The Balaban J connectivity index is 1.01. The third-order valence-electron chi connectivity index (χ3n) is 15.7. The fourth-order valence-electron chi connectivity index (χ4n) is 12.7. The van der Waals surface area contributed by atoms with E-state index in [4.69, 9.17) is 0 Å². The third-order valence-corrected chi connectivity index (χ3v) is 15.7. The van der Waals surface area contributed by atoms with Gasteiger partial charge in [0.05, 0.1) is 5.69 Å². The van der Waals surface area contributed by atoms with Crippen molar-refractivity contribution < 1.29 is 0 Å². The SMILES string of the molecule is CC1(C)c2cc(N(c3ccc(C4CC5CCC4C5)cc3)c3cccc4ccc(C5CCCCC5)cc34)ccc2-c2cccc(-c3ccc(C4CCCCC4)cc3)c21. The van der Waals surface area contributed by atoms with Crippen molar-refractivity contribution in [3.8, 4) is 22.3 Å². The minimum Gasteiger partial charge on any atom is -0.310 e. The molecule has 0 spiro atoms. The maximum Gasteiger partial charge on any atom is 0.0540 e. The lowest BCUT2D eigenvalue weighted by atomic mass is 9.78. The molecule has 0 aromatic heterocycles. The highest BCUT2D eigenvalue weighted by atomic mass is 15.1. The number of nitrogens with zero attached hydrogens (tertiary/aromatic N) is 1. The Bertz CT molecular complexity index is 2420. The van der Waals surface area contributed by atoms with Gasteiger partial charge in [-0.25, -0.2) is 0 Å². The molecule has 0 N–H and O–H groups in total. The molecule has 3 unspecified atom stereocenters. The molecular formula is C56H59N. The van der Waals surface area contributed by atoms with Crippen molar-refractivity contribution in [1.82, 2.24) is 0 Å². The summed E-state index contributed by atoms with van der Waals surface area (Å²) in [6.45, 7) is 4.92. The van der Waals surface area contributed by atoms with E-state index in [1.165, 1.54) is 162 Å². The van der Waals surface area contributed by atoms with Gasteiger partial charge in [-0.05, 0) is 166 Å². The van der Waals surface area contributed by atoms with E-state index in [-0.39, 0.29) is 5.41 Å². The summed E-state index contributed by atoms with van der Waals surface area (Å²) < 4.78 is 0. The molecule has 5 aliphatic carbocycles. The summed E-state index contributed by atoms with van der Waals surface area (Å²) in [5.41, 5.74) is 16.6. The zero-order valence-corrected chi connectivity index (χ0v) is 34.3. The van der Waals surface area contributed by atoms with E-state index in [1.807, 2.05) is 0 Å². The number of benzene rings is 6. The summed E-state index contributed by atoms with van der Waals surface area (Å²) in [5.74, 6) is 3.96. The normalized spacial score (nSPS) is 22.8. The Morgan fingerprint density at radius 1 is 0.509 bits per heavy atom. The van der Waals surface area contributed by atoms with E-state index >= 15 is 0 Å². The first-order chi connectivity index (χ1) is 28.0. The molecule has 0 aliphatic heterocycles. The van der Waals surface area contributed by atoms with Crippen LogP contribution in [-0.2, 0) is 5.41 Å². The van der Waals surface area contributed by atoms with Crippen molar-refractivity contribution in [1.29, 1.82) is 0 Å². The summed E-state index contributed by atoms with van der Waals surface area (Å²) >= 11 is 0. The Kier molecular flexibility index (Phi) is 8.94. The monoisotopic (exact) mass is 745 g/mol. The van der Waals surface area contributed by atoms with Crippen LogP contribution in [0.15, 0.2) is 121 Å². The number of hydrogen-bond acceptors (Lipinski definition) is 1. The molecule has 3 atom stereocenters. The molecule has 5 aliphatic rings. The van der Waals surface area contributed by atoms with Crippen LogP contribution in [0.1, 0.15) is 149 Å². The van der Waals surface area contributed by atoms with E-state index in [9.17, 15) is 0 Å². The van der Waals surface area contributed by atoms with Gasteiger partial charge in [-0.15, -0.1) is 0 Å². The first-order valence-corrected chi connectivity index (χ1v) is 22.8. The molecule has 0 saturated heterocycles. The van der Waals surface area contributed by atoms with Crippen molar-refractivity contribution in [3.63, 3.8) is 0 Å². The van der Waals surface area contributed by atoms with Crippen LogP contribution >= 0.6 is 0 Å². The van der Waals surface area contributed by atoms with Crippen molar-refractivity contribution in [2.75, 3.05) is 4.90 Å². The van der Waals surface area contributed by atoms with Crippen LogP contribution in [0.2, 0.25) is 0 Å². The summed E-state index contributed by atoms with van der Waals surface area (Å²) in [4.78, 5) is 2.59. The Morgan fingerprint density at radius 3 is 1.89 bits per heavy atom. The first-order valence-electron chi connectivity index (χ1n) is 22.8. The van der Waals surface area contributed by atoms with Gasteiger partial charge in [0.2, 0.25) is 0 Å². The number of anilines is 3. The maximum absolute atomic E-state index is 2.59. The van der Waals surface area contributed by atoms with E-state index in [1.54, 1.807) is 5.56 Å². The molecule has 11 rings (SSSR count). The predicted molar refractivity (Wildman–Crippen MR) is 241 cm³/mol. The van der Waals surface area contributed by atoms with Crippen LogP contribution in [0.3, 0.4) is 0 Å². The lowest BCUT2D eigenvalue weighted by Crippen LogP contribution is -2.18. The lowest BCUT2D eigenvalue weighted by Gasteiger charge is -2.30. The lowest BCUT2D eigenvalue weighted by molar-refractivity contribution is 0.420. The second-order valence-electron chi connectivity index (χ2n) is 19.3. The molecule has 57 heavy (non-hydrogen) atoms. The van der Waals surface area contributed by atoms with Gasteiger partial charge in [0.1, 0.15) is 0 Å².